The summed E-state index contributed by atoms with van der Waals surface area (Å²) in [5.74, 6) is 0.153. The number of rotatable bonds is 2. The second-order valence-electron chi connectivity index (χ2n) is 7.43. The highest BCUT2D eigenvalue weighted by Crippen LogP contribution is 2.45. The van der Waals surface area contributed by atoms with E-state index in [-0.39, 0.29) is 35.6 Å². The van der Waals surface area contributed by atoms with Gasteiger partial charge in [-0.25, -0.2) is 4.79 Å². The Kier molecular flexibility index (Phi) is 4.19. The normalized spacial score (nSPS) is 34.0. The largest absolute Gasteiger partial charge is 0.497 e. The lowest BCUT2D eigenvalue weighted by Gasteiger charge is -2.50. The quantitative estimate of drug-likeness (QED) is 0.828. The molecule has 3 aliphatic rings. The molecule has 7 heteroatoms. The van der Waals surface area contributed by atoms with Gasteiger partial charge in [-0.2, -0.15) is 0 Å². The van der Waals surface area contributed by atoms with E-state index in [0.29, 0.717) is 13.0 Å². The van der Waals surface area contributed by atoms with Gasteiger partial charge in [0.05, 0.1) is 19.2 Å². The molecule has 7 nitrogen and oxygen atoms in total. The fraction of sp³-hybridized carbons (Fsp3) is 0.526. The highest BCUT2D eigenvalue weighted by atomic mass is 16.5. The van der Waals surface area contributed by atoms with Crippen LogP contribution in [0.4, 0.5) is 4.79 Å². The molecule has 1 aliphatic carbocycles. The van der Waals surface area contributed by atoms with Crippen molar-refractivity contribution in [2.24, 2.45) is 17.8 Å². The van der Waals surface area contributed by atoms with Crippen molar-refractivity contribution in [1.29, 1.82) is 0 Å². The van der Waals surface area contributed by atoms with E-state index in [1.54, 1.807) is 14.2 Å². The third-order valence-electron chi connectivity index (χ3n) is 6.14. The summed E-state index contributed by atoms with van der Waals surface area (Å²) in [6.45, 7) is 0.519. The maximum atomic E-state index is 12.8. The molecule has 4 rings (SSSR count). The van der Waals surface area contributed by atoms with E-state index in [0.717, 1.165) is 17.7 Å². The van der Waals surface area contributed by atoms with Gasteiger partial charge in [0.25, 0.3) is 0 Å². The van der Waals surface area contributed by atoms with Crippen LogP contribution >= 0.6 is 0 Å². The maximum absolute atomic E-state index is 12.8. The number of imide groups is 1. The highest BCUT2D eigenvalue weighted by molar-refractivity contribution is 5.99. The molecule has 2 heterocycles. The van der Waals surface area contributed by atoms with Crippen LogP contribution < -0.4 is 15.4 Å². The summed E-state index contributed by atoms with van der Waals surface area (Å²) in [7, 11) is 3.30. The number of Topliss-reactive ketones (excluding diaryl/α,β-unsaturated/α-hetero) is 1. The Morgan fingerprint density at radius 3 is 2.58 bits per heavy atom. The van der Waals surface area contributed by atoms with Crippen LogP contribution in [0.5, 0.6) is 5.75 Å². The summed E-state index contributed by atoms with van der Waals surface area (Å²) in [5, 5.41) is 5.66. The molecule has 0 bridgehead atoms. The molecule has 2 saturated heterocycles. The monoisotopic (exact) mass is 357 g/mol. The first-order valence-electron chi connectivity index (χ1n) is 8.97. The first-order valence-corrected chi connectivity index (χ1v) is 8.97. The number of ether oxygens (including phenoxy) is 1. The Morgan fingerprint density at radius 2 is 1.88 bits per heavy atom. The molecule has 0 radical (unpaired) electrons. The summed E-state index contributed by atoms with van der Waals surface area (Å²) in [4.78, 5) is 38.8. The van der Waals surface area contributed by atoms with Gasteiger partial charge in [0.1, 0.15) is 11.5 Å². The van der Waals surface area contributed by atoms with E-state index in [9.17, 15) is 14.4 Å². The van der Waals surface area contributed by atoms with Crippen molar-refractivity contribution in [3.63, 3.8) is 0 Å². The molecule has 26 heavy (non-hydrogen) atoms. The number of methoxy groups -OCH3 is 1. The lowest BCUT2D eigenvalue weighted by atomic mass is 9.63. The molecule has 1 saturated carbocycles. The number of amides is 3. The highest BCUT2D eigenvalue weighted by Gasteiger charge is 2.53. The van der Waals surface area contributed by atoms with Gasteiger partial charge < -0.3 is 9.64 Å². The van der Waals surface area contributed by atoms with Crippen molar-refractivity contribution in [3.05, 3.63) is 29.8 Å². The minimum absolute atomic E-state index is 0.0647. The molecule has 1 aromatic carbocycles. The first kappa shape index (κ1) is 17.0. The van der Waals surface area contributed by atoms with Gasteiger partial charge in [0.15, 0.2) is 0 Å². The average molecular weight is 357 g/mol. The zero-order valence-electron chi connectivity index (χ0n) is 14.9. The molecule has 138 valence electrons. The van der Waals surface area contributed by atoms with Crippen molar-refractivity contribution >= 4 is 17.7 Å². The number of ketones is 1. The van der Waals surface area contributed by atoms with Gasteiger partial charge in [0, 0.05) is 25.9 Å². The zero-order chi connectivity index (χ0) is 18.4. The van der Waals surface area contributed by atoms with E-state index in [2.05, 4.69) is 10.6 Å². The number of hydrogen-bond acceptors (Lipinski definition) is 5. The van der Waals surface area contributed by atoms with Gasteiger partial charge in [-0.15, -0.1) is 0 Å². The second-order valence-corrected chi connectivity index (χ2v) is 7.43. The Morgan fingerprint density at radius 1 is 1.15 bits per heavy atom. The standard InChI is InChI=1S/C19H23N3O4/c1-22-17-16(18(24)21-19(22)25)13-7-11(8-15(23)14(13)9-20-17)10-3-5-12(26-2)6-4-10/h3-6,11,13-14,16-17,20H,7-9H2,1-2H3,(H,21,24,25). The lowest BCUT2D eigenvalue weighted by molar-refractivity contribution is -0.141. The van der Waals surface area contributed by atoms with Crippen molar-refractivity contribution in [2.45, 2.75) is 24.9 Å². The van der Waals surface area contributed by atoms with Crippen LogP contribution in [0.2, 0.25) is 0 Å². The number of nitrogens with one attached hydrogen (secondary N) is 2. The number of urea groups is 1. The molecule has 0 aromatic heterocycles. The van der Waals surface area contributed by atoms with Gasteiger partial charge in [-0.3, -0.25) is 20.2 Å². The van der Waals surface area contributed by atoms with Crippen LogP contribution in [0, 0.1) is 17.8 Å². The van der Waals surface area contributed by atoms with Crippen molar-refractivity contribution in [1.82, 2.24) is 15.5 Å². The molecule has 0 spiro atoms. The minimum Gasteiger partial charge on any atom is -0.497 e. The summed E-state index contributed by atoms with van der Waals surface area (Å²) in [5.41, 5.74) is 1.09. The Balaban J connectivity index is 1.61. The van der Waals surface area contributed by atoms with E-state index < -0.39 is 11.9 Å². The molecule has 3 fully saturated rings. The summed E-state index contributed by atoms with van der Waals surface area (Å²) in [6.07, 6.45) is 0.907. The summed E-state index contributed by atoms with van der Waals surface area (Å²) >= 11 is 0. The molecule has 5 unspecified atom stereocenters. The Labute approximate surface area is 152 Å². The third-order valence-corrected chi connectivity index (χ3v) is 6.14. The van der Waals surface area contributed by atoms with Crippen molar-refractivity contribution in [3.8, 4) is 5.75 Å². The molecule has 3 amide bonds. The van der Waals surface area contributed by atoms with Gasteiger partial charge in [-0.1, -0.05) is 12.1 Å². The van der Waals surface area contributed by atoms with E-state index in [1.807, 2.05) is 24.3 Å². The molecular formula is C19H23N3O4. The SMILES string of the molecule is COc1ccc(C2CC(=O)C3CNC4C(C(=O)NC(=O)N4C)C3C2)cc1. The number of nitrogens with zero attached hydrogens (tertiary/aromatic N) is 1. The Hall–Kier alpha value is -2.41. The Bertz CT molecular complexity index is 748. The minimum atomic E-state index is -0.401. The number of benzene rings is 1. The molecular weight excluding hydrogens is 334 g/mol. The number of fused-ring (bicyclic) bond motifs is 3. The van der Waals surface area contributed by atoms with E-state index >= 15 is 0 Å². The van der Waals surface area contributed by atoms with Crippen LogP contribution in [0.1, 0.15) is 24.3 Å². The summed E-state index contributed by atoms with van der Waals surface area (Å²) < 4.78 is 5.20. The fourth-order valence-corrected chi connectivity index (χ4v) is 4.73. The predicted molar refractivity (Wildman–Crippen MR) is 93.5 cm³/mol. The molecule has 2 N–H and O–H groups in total. The van der Waals surface area contributed by atoms with Crippen LogP contribution in [-0.4, -0.2) is 49.5 Å². The van der Waals surface area contributed by atoms with Crippen molar-refractivity contribution in [2.75, 3.05) is 20.7 Å². The number of hydrogen-bond donors (Lipinski definition) is 2. The number of piperidine rings is 1. The van der Waals surface area contributed by atoms with Crippen LogP contribution in [0.25, 0.3) is 0 Å². The van der Waals surface area contributed by atoms with Gasteiger partial charge >= 0.3 is 6.03 Å². The number of carbonyl (C=O) groups excluding carboxylic acids is 3. The molecule has 1 aromatic rings. The van der Waals surface area contributed by atoms with E-state index in [1.165, 1.54) is 4.90 Å². The first-order chi connectivity index (χ1) is 12.5. The third kappa shape index (κ3) is 2.67. The molecule has 2 aliphatic heterocycles. The zero-order valence-corrected chi connectivity index (χ0v) is 14.9. The lowest BCUT2D eigenvalue weighted by Crippen LogP contribution is -2.70. The van der Waals surface area contributed by atoms with Crippen LogP contribution in [0.3, 0.4) is 0 Å². The van der Waals surface area contributed by atoms with E-state index in [4.69, 9.17) is 4.74 Å². The predicted octanol–water partition coefficient (Wildman–Crippen LogP) is 1.10. The average Bonchev–Trinajstić information content (AvgIpc) is 2.65. The van der Waals surface area contributed by atoms with Crippen LogP contribution in [0.15, 0.2) is 24.3 Å². The second kappa shape index (κ2) is 6.39. The van der Waals surface area contributed by atoms with Gasteiger partial charge in [0.2, 0.25) is 5.91 Å². The van der Waals surface area contributed by atoms with Crippen LogP contribution in [-0.2, 0) is 9.59 Å². The van der Waals surface area contributed by atoms with Crippen molar-refractivity contribution < 1.29 is 19.1 Å². The summed E-state index contributed by atoms with van der Waals surface area (Å²) in [6, 6.07) is 7.39. The smallest absolute Gasteiger partial charge is 0.325 e. The fourth-order valence-electron chi connectivity index (χ4n) is 4.73. The van der Waals surface area contributed by atoms with Gasteiger partial charge in [-0.05, 0) is 36.0 Å². The molecule has 5 atom stereocenters. The topological polar surface area (TPSA) is 87.7 Å². The maximum Gasteiger partial charge on any atom is 0.325 e. The number of carbonyl (C=O) groups is 3.